The van der Waals surface area contributed by atoms with Crippen LogP contribution >= 0.6 is 0 Å². The number of phenolic OH excluding ortho intramolecular Hbond substituents is 2. The second-order valence-corrected chi connectivity index (χ2v) is 8.52. The molecule has 3 rings (SSSR count). The molecule has 0 aliphatic heterocycles. The predicted molar refractivity (Wildman–Crippen MR) is 119 cm³/mol. The molecule has 4 heteroatoms. The Morgan fingerprint density at radius 2 is 2.07 bits per heavy atom. The molecule has 2 unspecified atom stereocenters. The van der Waals surface area contributed by atoms with Gasteiger partial charge in [0.15, 0.2) is 0 Å². The molecule has 1 aromatic heterocycles. The lowest BCUT2D eigenvalue weighted by molar-refractivity contribution is 0.406. The van der Waals surface area contributed by atoms with Gasteiger partial charge in [0, 0.05) is 30.3 Å². The van der Waals surface area contributed by atoms with Crippen molar-refractivity contribution in [3.63, 3.8) is 0 Å². The summed E-state index contributed by atoms with van der Waals surface area (Å²) in [6, 6.07) is 3.79. The number of benzene rings is 1. The fourth-order valence-corrected chi connectivity index (χ4v) is 4.63. The summed E-state index contributed by atoms with van der Waals surface area (Å²) < 4.78 is 1.79. The number of aromatic hydroxyl groups is 2. The van der Waals surface area contributed by atoms with Crippen molar-refractivity contribution in [3.05, 3.63) is 53.3 Å². The maximum atomic E-state index is 11.5. The van der Waals surface area contributed by atoms with E-state index in [4.69, 9.17) is 0 Å². The zero-order valence-electron chi connectivity index (χ0n) is 18.2. The van der Waals surface area contributed by atoms with Crippen molar-refractivity contribution in [1.29, 1.82) is 0 Å². The number of hydrogen-bond acceptors (Lipinski definition) is 3. The molecule has 0 amide bonds. The van der Waals surface area contributed by atoms with E-state index in [1.165, 1.54) is 5.57 Å². The molecule has 1 aliphatic carbocycles. The van der Waals surface area contributed by atoms with Crippen molar-refractivity contribution in [2.45, 2.75) is 65.2 Å². The van der Waals surface area contributed by atoms with Crippen molar-refractivity contribution in [2.24, 2.45) is 13.0 Å². The fraction of sp³-hybridized carbons (Fsp3) is 0.480. The first-order valence-corrected chi connectivity index (χ1v) is 10.7. The molecule has 1 aliphatic rings. The minimum atomic E-state index is -0.0714. The van der Waals surface area contributed by atoms with Crippen molar-refractivity contribution in [2.75, 3.05) is 0 Å². The van der Waals surface area contributed by atoms with Crippen LogP contribution in [0, 0.1) is 5.92 Å². The van der Waals surface area contributed by atoms with Crippen LogP contribution in [-0.4, -0.2) is 20.0 Å². The standard InChI is InChI=1S/C25H34N2O2/c1-6-7-8-9-18-15-22(28)24(20-14-17(4)10-11-19(20)16(2)3)25(29)23(18)21-12-13-26-27(21)5/h12-15,19-20,28-29H,2,6-11H2,1,3-5H3. The first-order valence-electron chi connectivity index (χ1n) is 10.7. The number of nitrogens with zero attached hydrogens (tertiary/aromatic N) is 2. The largest absolute Gasteiger partial charge is 0.507 e. The molecule has 2 atom stereocenters. The molecular formula is C25H34N2O2. The molecule has 0 fully saturated rings. The molecule has 156 valence electrons. The number of unbranched alkanes of at least 4 members (excludes halogenated alkanes) is 2. The Labute approximate surface area is 174 Å². The normalized spacial score (nSPS) is 19.2. The van der Waals surface area contributed by atoms with E-state index >= 15 is 0 Å². The van der Waals surface area contributed by atoms with Gasteiger partial charge in [0.05, 0.1) is 5.69 Å². The summed E-state index contributed by atoms with van der Waals surface area (Å²) in [5.74, 6) is 0.503. The third-order valence-electron chi connectivity index (χ3n) is 6.24. The van der Waals surface area contributed by atoms with Crippen molar-refractivity contribution in [3.8, 4) is 22.8 Å². The van der Waals surface area contributed by atoms with Gasteiger partial charge in [0.2, 0.25) is 0 Å². The molecule has 1 heterocycles. The van der Waals surface area contributed by atoms with Gasteiger partial charge < -0.3 is 10.2 Å². The third kappa shape index (κ3) is 4.26. The lowest BCUT2D eigenvalue weighted by Gasteiger charge is -2.32. The summed E-state index contributed by atoms with van der Waals surface area (Å²) in [7, 11) is 1.89. The molecule has 4 nitrogen and oxygen atoms in total. The second kappa shape index (κ2) is 8.89. The number of aryl methyl sites for hydroxylation is 2. The van der Waals surface area contributed by atoms with Crippen molar-refractivity contribution < 1.29 is 10.2 Å². The lowest BCUT2D eigenvalue weighted by atomic mass is 9.73. The van der Waals surface area contributed by atoms with Crippen LogP contribution in [-0.2, 0) is 13.5 Å². The minimum Gasteiger partial charge on any atom is -0.507 e. The van der Waals surface area contributed by atoms with Gasteiger partial charge in [0.1, 0.15) is 11.5 Å². The first kappa shape index (κ1) is 21.2. The van der Waals surface area contributed by atoms with E-state index in [-0.39, 0.29) is 23.3 Å². The minimum absolute atomic E-state index is 0.0714. The number of allylic oxidation sites excluding steroid dienone is 3. The van der Waals surface area contributed by atoms with Crippen LogP contribution in [0.1, 0.15) is 69.9 Å². The fourth-order valence-electron chi connectivity index (χ4n) is 4.63. The molecule has 0 spiro atoms. The van der Waals surface area contributed by atoms with Crippen molar-refractivity contribution >= 4 is 0 Å². The Hall–Kier alpha value is -2.49. The van der Waals surface area contributed by atoms with Crippen LogP contribution in [0.15, 0.2) is 42.1 Å². The van der Waals surface area contributed by atoms with Crippen LogP contribution in [0.5, 0.6) is 11.5 Å². The SMILES string of the molecule is C=C(C)C1CCC(C)=CC1c1c(O)cc(CCCCC)c(-c2ccnn2C)c1O. The second-order valence-electron chi connectivity index (χ2n) is 8.52. The highest BCUT2D eigenvalue weighted by Crippen LogP contribution is 2.50. The van der Waals surface area contributed by atoms with Gasteiger partial charge in [-0.05, 0) is 63.1 Å². The Kier molecular flexibility index (Phi) is 6.51. The lowest BCUT2D eigenvalue weighted by Crippen LogP contribution is -2.17. The van der Waals surface area contributed by atoms with Gasteiger partial charge in [-0.2, -0.15) is 5.10 Å². The maximum absolute atomic E-state index is 11.5. The summed E-state index contributed by atoms with van der Waals surface area (Å²) in [5.41, 5.74) is 5.65. The Bertz CT molecular complexity index is 923. The average Bonchev–Trinajstić information content (AvgIpc) is 3.07. The van der Waals surface area contributed by atoms with Crippen LogP contribution in [0.25, 0.3) is 11.3 Å². The smallest absolute Gasteiger partial charge is 0.132 e. The Balaban J connectivity index is 2.19. The van der Waals surface area contributed by atoms with Crippen LogP contribution in [0.4, 0.5) is 0 Å². The van der Waals surface area contributed by atoms with Gasteiger partial charge in [-0.1, -0.05) is 43.6 Å². The monoisotopic (exact) mass is 394 g/mol. The first-order chi connectivity index (χ1) is 13.8. The molecule has 1 aromatic carbocycles. The summed E-state index contributed by atoms with van der Waals surface area (Å²) in [6.45, 7) is 10.5. The van der Waals surface area contributed by atoms with E-state index in [2.05, 4.69) is 31.6 Å². The van der Waals surface area contributed by atoms with E-state index in [1.54, 1.807) is 10.9 Å². The summed E-state index contributed by atoms with van der Waals surface area (Å²) in [4.78, 5) is 0. The zero-order chi connectivity index (χ0) is 21.1. The van der Waals surface area contributed by atoms with Crippen molar-refractivity contribution in [1.82, 2.24) is 9.78 Å². The molecule has 2 N–H and O–H groups in total. The number of hydrogen-bond donors (Lipinski definition) is 2. The quantitative estimate of drug-likeness (QED) is 0.431. The average molecular weight is 395 g/mol. The van der Waals surface area contributed by atoms with Crippen LogP contribution < -0.4 is 0 Å². The van der Waals surface area contributed by atoms with Crippen LogP contribution in [0.3, 0.4) is 0 Å². The van der Waals surface area contributed by atoms with Gasteiger partial charge in [-0.3, -0.25) is 4.68 Å². The topological polar surface area (TPSA) is 58.3 Å². The van der Waals surface area contributed by atoms with Gasteiger partial charge >= 0.3 is 0 Å². The van der Waals surface area contributed by atoms with Gasteiger partial charge in [-0.25, -0.2) is 0 Å². The maximum Gasteiger partial charge on any atom is 0.132 e. The number of phenols is 2. The Morgan fingerprint density at radius 3 is 2.69 bits per heavy atom. The molecule has 29 heavy (non-hydrogen) atoms. The molecule has 0 saturated carbocycles. The summed E-state index contributed by atoms with van der Waals surface area (Å²) in [6.07, 6.45) is 10.1. The summed E-state index contributed by atoms with van der Waals surface area (Å²) in [5, 5.41) is 26.8. The van der Waals surface area contributed by atoms with Crippen LogP contribution in [0.2, 0.25) is 0 Å². The van der Waals surface area contributed by atoms with Gasteiger partial charge in [-0.15, -0.1) is 0 Å². The highest BCUT2D eigenvalue weighted by atomic mass is 16.3. The Morgan fingerprint density at radius 1 is 1.31 bits per heavy atom. The van der Waals surface area contributed by atoms with Gasteiger partial charge in [0.25, 0.3) is 0 Å². The predicted octanol–water partition coefficient (Wildman–Crippen LogP) is 6.25. The molecule has 2 aromatic rings. The highest BCUT2D eigenvalue weighted by Gasteiger charge is 2.32. The van der Waals surface area contributed by atoms with E-state index in [0.29, 0.717) is 5.56 Å². The van der Waals surface area contributed by atoms with E-state index in [0.717, 1.165) is 60.9 Å². The zero-order valence-corrected chi connectivity index (χ0v) is 18.2. The number of aromatic nitrogens is 2. The van der Waals surface area contributed by atoms with E-state index in [9.17, 15) is 10.2 Å². The molecular weight excluding hydrogens is 360 g/mol. The molecule has 0 saturated heterocycles. The van der Waals surface area contributed by atoms with E-state index in [1.807, 2.05) is 26.1 Å². The van der Waals surface area contributed by atoms with E-state index < -0.39 is 0 Å². The highest BCUT2D eigenvalue weighted by molar-refractivity contribution is 5.76. The summed E-state index contributed by atoms with van der Waals surface area (Å²) >= 11 is 0. The molecule has 0 radical (unpaired) electrons. The third-order valence-corrected chi connectivity index (χ3v) is 6.24. The number of rotatable bonds is 7. The molecule has 0 bridgehead atoms.